The summed E-state index contributed by atoms with van der Waals surface area (Å²) in [6.45, 7) is 12.1. The minimum absolute atomic E-state index is 0. The van der Waals surface area contributed by atoms with Gasteiger partial charge in [-0.1, -0.05) is 39.8 Å². The summed E-state index contributed by atoms with van der Waals surface area (Å²) >= 11 is 3.20. The molecule has 11 nitrogen and oxygen atoms in total. The van der Waals surface area contributed by atoms with E-state index < -0.39 is 34.4 Å². The van der Waals surface area contributed by atoms with Crippen molar-refractivity contribution in [2.45, 2.75) is 60.8 Å². The Kier molecular flexibility index (Phi) is 17.4. The zero-order chi connectivity index (χ0) is 40.8. The Morgan fingerprint density at radius 2 is 1.17 bits per heavy atom. The topological polar surface area (TPSA) is 144 Å². The Morgan fingerprint density at radius 1 is 0.759 bits per heavy atom. The molecule has 0 radical (unpaired) electrons. The number of esters is 1. The molecule has 0 amide bonds. The van der Waals surface area contributed by atoms with Gasteiger partial charge in [-0.3, -0.25) is 9.59 Å². The third kappa shape index (κ3) is 11.2. The number of carbonyl (C=O) groups is 2. The largest absolute Gasteiger partial charge is 1.00 e. The van der Waals surface area contributed by atoms with Crippen molar-refractivity contribution in [3.63, 3.8) is 0 Å². The second-order valence-electron chi connectivity index (χ2n) is 14.4. The van der Waals surface area contributed by atoms with Gasteiger partial charge >= 0.3 is 41.5 Å². The number of carboxylic acids is 1. The number of ether oxygens (including phenoxy) is 1. The molecule has 0 unspecified atom stereocenters. The molecular weight excluding hydrogens is 798 g/mol. The molecule has 6 aromatic rings. The van der Waals surface area contributed by atoms with Crippen LogP contribution in [0, 0.1) is 23.5 Å². The number of carboxylic acid groups (broad SMARTS) is 1. The van der Waals surface area contributed by atoms with Gasteiger partial charge in [-0.2, -0.15) is 0 Å². The molecule has 58 heavy (non-hydrogen) atoms. The molecule has 2 N–H and O–H groups in total. The average Bonchev–Trinajstić information content (AvgIpc) is 3.85. The van der Waals surface area contributed by atoms with E-state index >= 15 is 0 Å². The van der Waals surface area contributed by atoms with E-state index in [9.17, 15) is 33.1 Å². The van der Waals surface area contributed by atoms with E-state index in [1.165, 1.54) is 18.5 Å². The summed E-state index contributed by atoms with van der Waals surface area (Å²) in [7, 11) is 3.61. The van der Waals surface area contributed by atoms with E-state index in [1.807, 2.05) is 79.2 Å². The van der Waals surface area contributed by atoms with Crippen LogP contribution in [-0.2, 0) is 30.9 Å². The number of benzene rings is 2. The van der Waals surface area contributed by atoms with Crippen LogP contribution < -0.4 is 50.2 Å². The minimum atomic E-state index is -1.31. The van der Waals surface area contributed by atoms with E-state index in [1.54, 1.807) is 58.2 Å². The van der Waals surface area contributed by atoms with Gasteiger partial charge in [0.15, 0.2) is 0 Å². The standard InChI is InChI=1S/C22H25FN2O3S.C20H21FN2O3S.Na.H2O/c1-5-28-22(27)17-13-25(11-14(2)3)19-10-20(18(23)9-16(19)21(17)26)24(4)12-15-7-6-8-29-15;1-12(2)9-23-11-15(20(25)26)19(24)14-7-16(21)18(8-17(14)23)22(3)10-13-5-4-6-27-13;;/h6-10,13-14H,5,11-12H2,1-4H3;4-8,11-12H,9-10H2,1-3H3,(H,25,26);;1H2/q;;+1;/p-1. The molecule has 0 aliphatic carbocycles. The van der Waals surface area contributed by atoms with Gasteiger partial charge < -0.3 is 34.3 Å². The SMILES string of the molecule is CC(C)Cn1cc(C(=O)O)c(=O)c2cc(F)c(N(C)Cc3cccs3)cc21.CCOC(=O)c1cn(CC(C)C)c2cc(N(C)Cc3cccs3)c(F)cc2c1=O.[Na+].[OH-]. The quantitative estimate of drug-likeness (QED) is 0.115. The van der Waals surface area contributed by atoms with Crippen molar-refractivity contribution in [2.75, 3.05) is 30.5 Å². The summed E-state index contributed by atoms with van der Waals surface area (Å²) in [4.78, 5) is 54.9. The van der Waals surface area contributed by atoms with Crippen molar-refractivity contribution in [2.24, 2.45) is 11.8 Å². The van der Waals surface area contributed by atoms with Crippen LogP contribution in [0.1, 0.15) is 65.1 Å². The number of pyridine rings is 2. The molecule has 0 saturated carbocycles. The molecule has 0 bridgehead atoms. The van der Waals surface area contributed by atoms with Crippen molar-refractivity contribution in [1.82, 2.24) is 9.13 Å². The number of aromatic nitrogens is 2. The summed E-state index contributed by atoms with van der Waals surface area (Å²) in [5, 5.41) is 13.5. The molecule has 0 saturated heterocycles. The second-order valence-corrected chi connectivity index (χ2v) is 16.4. The van der Waals surface area contributed by atoms with Crippen molar-refractivity contribution < 1.29 is 63.2 Å². The first kappa shape index (κ1) is 48.0. The molecule has 2 aromatic carbocycles. The van der Waals surface area contributed by atoms with E-state index in [0.717, 1.165) is 15.8 Å². The number of rotatable bonds is 13. The van der Waals surface area contributed by atoms with Gasteiger partial charge in [0.25, 0.3) is 0 Å². The van der Waals surface area contributed by atoms with Gasteiger partial charge in [0.2, 0.25) is 10.9 Å². The van der Waals surface area contributed by atoms with E-state index in [2.05, 4.69) is 0 Å². The van der Waals surface area contributed by atoms with Crippen LogP contribution in [0.4, 0.5) is 20.2 Å². The van der Waals surface area contributed by atoms with Crippen LogP contribution in [0.25, 0.3) is 21.8 Å². The fourth-order valence-corrected chi connectivity index (χ4v) is 7.94. The summed E-state index contributed by atoms with van der Waals surface area (Å²) < 4.78 is 38.3. The normalized spacial score (nSPS) is 10.9. The van der Waals surface area contributed by atoms with Gasteiger partial charge in [0.1, 0.15) is 22.8 Å². The number of halogens is 2. The number of carbonyl (C=O) groups excluding carboxylic acids is 1. The number of nitrogens with zero attached hydrogens (tertiary/aromatic N) is 4. The minimum Gasteiger partial charge on any atom is -0.870 e. The molecule has 6 rings (SSSR count). The summed E-state index contributed by atoms with van der Waals surface area (Å²) in [5.41, 5.74) is 0.330. The maximum atomic E-state index is 15.0. The maximum absolute atomic E-state index is 15.0. The van der Waals surface area contributed by atoms with Crippen LogP contribution in [0.3, 0.4) is 0 Å². The van der Waals surface area contributed by atoms with E-state index in [-0.39, 0.29) is 75.4 Å². The van der Waals surface area contributed by atoms with Gasteiger partial charge in [0, 0.05) is 60.1 Å². The number of fused-ring (bicyclic) bond motifs is 2. The van der Waals surface area contributed by atoms with Crippen LogP contribution in [-0.4, -0.2) is 52.4 Å². The zero-order valence-corrected chi connectivity index (χ0v) is 37.5. The smallest absolute Gasteiger partial charge is 0.870 e. The third-order valence-corrected chi connectivity index (χ3v) is 10.6. The van der Waals surface area contributed by atoms with Crippen molar-refractivity contribution in [3.05, 3.63) is 125 Å². The molecule has 0 aliphatic heterocycles. The van der Waals surface area contributed by atoms with Crippen LogP contribution in [0.15, 0.2) is 81.3 Å². The first-order valence-corrected chi connectivity index (χ1v) is 20.0. The molecular formula is C42H47F2N4NaO7S2. The second kappa shape index (κ2) is 21.0. The van der Waals surface area contributed by atoms with Gasteiger partial charge in [0.05, 0.1) is 42.1 Å². The molecule has 0 atom stereocenters. The van der Waals surface area contributed by atoms with Crippen molar-refractivity contribution in [3.8, 4) is 0 Å². The third-order valence-electron chi connectivity index (χ3n) is 8.92. The Balaban J connectivity index is 0.000000301. The predicted octanol–water partition coefficient (Wildman–Crippen LogP) is 5.69. The average molecular weight is 845 g/mol. The van der Waals surface area contributed by atoms with Crippen LogP contribution in [0.5, 0.6) is 0 Å². The molecule has 304 valence electrons. The van der Waals surface area contributed by atoms with E-state index in [0.29, 0.717) is 48.6 Å². The monoisotopic (exact) mass is 844 g/mol. The van der Waals surface area contributed by atoms with E-state index in [4.69, 9.17) is 4.74 Å². The summed E-state index contributed by atoms with van der Waals surface area (Å²) in [6.07, 6.45) is 2.89. The molecule has 0 aliphatic rings. The molecule has 4 heterocycles. The van der Waals surface area contributed by atoms with Gasteiger partial charge in [-0.05, 0) is 65.9 Å². The Bertz CT molecular complexity index is 2470. The maximum Gasteiger partial charge on any atom is 1.00 e. The number of aromatic carboxylic acids is 1. The van der Waals surface area contributed by atoms with Crippen LogP contribution >= 0.6 is 22.7 Å². The predicted molar refractivity (Wildman–Crippen MR) is 224 cm³/mol. The number of thiophene rings is 2. The van der Waals surface area contributed by atoms with Crippen LogP contribution in [0.2, 0.25) is 0 Å². The molecule has 16 heteroatoms. The molecule has 0 spiro atoms. The first-order chi connectivity index (χ1) is 26.6. The number of hydrogen-bond donors (Lipinski definition) is 1. The Hall–Kier alpha value is -4.38. The van der Waals surface area contributed by atoms with Crippen molar-refractivity contribution >= 4 is 67.8 Å². The van der Waals surface area contributed by atoms with Gasteiger partial charge in [-0.25, -0.2) is 18.4 Å². The molecule has 4 aromatic heterocycles. The van der Waals surface area contributed by atoms with Gasteiger partial charge in [-0.15, -0.1) is 22.7 Å². The summed E-state index contributed by atoms with van der Waals surface area (Å²) in [5.74, 6) is -2.53. The fourth-order valence-electron chi connectivity index (χ4n) is 6.42. The first-order valence-electron chi connectivity index (χ1n) is 18.2. The fraction of sp³-hybridized carbons (Fsp3) is 0.333. The Labute approximate surface area is 365 Å². The Morgan fingerprint density at radius 3 is 1.53 bits per heavy atom. The van der Waals surface area contributed by atoms with Crippen molar-refractivity contribution in [1.29, 1.82) is 0 Å². The number of hydrogen-bond acceptors (Lipinski definition) is 10. The number of anilines is 2. The summed E-state index contributed by atoms with van der Waals surface area (Å²) in [6, 6.07) is 13.6. The zero-order valence-electron chi connectivity index (χ0n) is 33.9. The molecule has 0 fully saturated rings.